The molecule has 1 unspecified atom stereocenters. The molecule has 22 heavy (non-hydrogen) atoms. The van der Waals surface area contributed by atoms with Gasteiger partial charge in [0, 0.05) is 13.0 Å². The summed E-state index contributed by atoms with van der Waals surface area (Å²) in [6.07, 6.45) is 6.79. The lowest BCUT2D eigenvalue weighted by atomic mass is 9.91. The first-order valence-electron chi connectivity index (χ1n) is 8.22. The average Bonchev–Trinajstić information content (AvgIpc) is 2.53. The van der Waals surface area contributed by atoms with Gasteiger partial charge in [-0.2, -0.15) is 0 Å². The number of nitrogens with zero attached hydrogens (tertiary/aromatic N) is 1. The quantitative estimate of drug-likeness (QED) is 0.787. The van der Waals surface area contributed by atoms with E-state index in [9.17, 15) is 9.59 Å². The first-order valence-corrected chi connectivity index (χ1v) is 8.22. The number of fused-ring (bicyclic) bond motifs is 1. The molecule has 0 aliphatic carbocycles. The van der Waals surface area contributed by atoms with Crippen LogP contribution >= 0.6 is 0 Å². The van der Waals surface area contributed by atoms with E-state index in [0.717, 1.165) is 30.4 Å². The van der Waals surface area contributed by atoms with Gasteiger partial charge in [-0.25, -0.2) is 0 Å². The van der Waals surface area contributed by atoms with Crippen molar-refractivity contribution in [3.05, 3.63) is 35.4 Å². The summed E-state index contributed by atoms with van der Waals surface area (Å²) in [7, 11) is 0. The number of hydrogen-bond donors (Lipinski definition) is 1. The van der Waals surface area contributed by atoms with Crippen molar-refractivity contribution in [3.63, 3.8) is 0 Å². The molecule has 1 radical (unpaired) electrons. The van der Waals surface area contributed by atoms with Gasteiger partial charge in [-0.3, -0.25) is 9.59 Å². The highest BCUT2D eigenvalue weighted by molar-refractivity contribution is 5.88. The van der Waals surface area contributed by atoms with Crippen molar-refractivity contribution >= 4 is 11.8 Å². The zero-order chi connectivity index (χ0) is 15.9. The highest BCUT2D eigenvalue weighted by Crippen LogP contribution is 2.30. The highest BCUT2D eigenvalue weighted by Gasteiger charge is 2.33. The maximum atomic E-state index is 12.5. The van der Waals surface area contributed by atoms with Gasteiger partial charge in [0.25, 0.3) is 0 Å². The Labute approximate surface area is 132 Å². The lowest BCUT2D eigenvalue weighted by Gasteiger charge is -2.35. The third-order valence-electron chi connectivity index (χ3n) is 4.30. The van der Waals surface area contributed by atoms with Crippen molar-refractivity contribution in [1.29, 1.82) is 0 Å². The van der Waals surface area contributed by atoms with Crippen LogP contribution in [-0.2, 0) is 16.0 Å². The number of amides is 2. The summed E-state index contributed by atoms with van der Waals surface area (Å²) in [6.45, 7) is 2.73. The molecule has 2 amide bonds. The van der Waals surface area contributed by atoms with Crippen LogP contribution in [0.15, 0.2) is 18.2 Å². The first kappa shape index (κ1) is 16.5. The van der Waals surface area contributed by atoms with Crippen LogP contribution in [0.5, 0.6) is 0 Å². The van der Waals surface area contributed by atoms with Crippen LogP contribution in [0.3, 0.4) is 0 Å². The summed E-state index contributed by atoms with van der Waals surface area (Å²) in [5.74, 6) is -0.412. The third kappa shape index (κ3) is 3.87. The predicted octanol–water partition coefficient (Wildman–Crippen LogP) is 2.76. The molecule has 1 atom stereocenters. The molecule has 2 rings (SSSR count). The second-order valence-corrected chi connectivity index (χ2v) is 5.93. The van der Waals surface area contributed by atoms with Gasteiger partial charge in [-0.05, 0) is 30.0 Å². The zero-order valence-electron chi connectivity index (χ0n) is 13.3. The van der Waals surface area contributed by atoms with E-state index in [2.05, 4.69) is 13.0 Å². The third-order valence-corrected chi connectivity index (χ3v) is 4.30. The fourth-order valence-corrected chi connectivity index (χ4v) is 3.10. The fourth-order valence-electron chi connectivity index (χ4n) is 3.10. The minimum atomic E-state index is -0.624. The Balaban J connectivity index is 2.01. The maximum absolute atomic E-state index is 12.5. The Morgan fingerprint density at radius 3 is 2.82 bits per heavy atom. The molecule has 0 saturated heterocycles. The number of primary amides is 1. The molecule has 0 saturated carbocycles. The summed E-state index contributed by atoms with van der Waals surface area (Å²) in [6, 6.07) is 7.91. The summed E-state index contributed by atoms with van der Waals surface area (Å²) in [5.41, 5.74) is 7.49. The van der Waals surface area contributed by atoms with E-state index in [1.165, 1.54) is 19.3 Å². The lowest BCUT2D eigenvalue weighted by Crippen LogP contribution is -2.45. The second-order valence-electron chi connectivity index (χ2n) is 5.93. The lowest BCUT2D eigenvalue weighted by molar-refractivity contribution is -0.140. The van der Waals surface area contributed by atoms with Gasteiger partial charge in [0.05, 0.1) is 0 Å². The van der Waals surface area contributed by atoms with Crippen LogP contribution in [0, 0.1) is 6.07 Å². The molecule has 1 aliphatic rings. The van der Waals surface area contributed by atoms with Crippen LogP contribution in [0.25, 0.3) is 0 Å². The molecule has 1 heterocycles. The van der Waals surface area contributed by atoms with Crippen molar-refractivity contribution in [2.45, 2.75) is 57.9 Å². The summed E-state index contributed by atoms with van der Waals surface area (Å²) in [4.78, 5) is 26.0. The van der Waals surface area contributed by atoms with Crippen molar-refractivity contribution in [2.75, 3.05) is 6.54 Å². The largest absolute Gasteiger partial charge is 0.368 e. The molecule has 1 aromatic carbocycles. The monoisotopic (exact) mass is 301 g/mol. The van der Waals surface area contributed by atoms with Gasteiger partial charge in [0.15, 0.2) is 0 Å². The number of rotatable bonds is 7. The second kappa shape index (κ2) is 7.97. The molecule has 1 aliphatic heterocycles. The van der Waals surface area contributed by atoms with E-state index in [1.807, 2.05) is 12.1 Å². The molecule has 4 heteroatoms. The Kier molecular flexibility index (Phi) is 5.99. The van der Waals surface area contributed by atoms with Crippen molar-refractivity contribution in [1.82, 2.24) is 4.90 Å². The van der Waals surface area contributed by atoms with Crippen LogP contribution in [0.2, 0.25) is 0 Å². The smallest absolute Gasteiger partial charge is 0.244 e. The predicted molar refractivity (Wildman–Crippen MR) is 86.0 cm³/mol. The molecule has 0 spiro atoms. The summed E-state index contributed by atoms with van der Waals surface area (Å²) >= 11 is 0. The minimum absolute atomic E-state index is 0.0405. The Bertz CT molecular complexity index is 528. The number of carbonyl (C=O) groups is 2. The van der Waals surface area contributed by atoms with E-state index in [-0.39, 0.29) is 5.91 Å². The molecule has 0 fully saturated rings. The topological polar surface area (TPSA) is 63.4 Å². The van der Waals surface area contributed by atoms with E-state index in [1.54, 1.807) is 11.0 Å². The summed E-state index contributed by atoms with van der Waals surface area (Å²) in [5, 5.41) is 0. The maximum Gasteiger partial charge on any atom is 0.244 e. The van der Waals surface area contributed by atoms with Crippen molar-refractivity contribution < 1.29 is 9.59 Å². The number of unbranched alkanes of at least 4 members (excludes halogenated alkanes) is 4. The summed E-state index contributed by atoms with van der Waals surface area (Å²) < 4.78 is 0. The standard InChI is InChI=1S/C18H25N2O2/c1-2-3-4-5-6-11-16(21)20-13-12-14-9-7-8-10-15(14)17(20)18(19)22/h8-10,17H,2-6,11-13H2,1H3,(H2,19,22). The van der Waals surface area contributed by atoms with Gasteiger partial charge in [0.1, 0.15) is 6.04 Å². The fraction of sp³-hybridized carbons (Fsp3) is 0.556. The van der Waals surface area contributed by atoms with Crippen molar-refractivity contribution in [3.8, 4) is 0 Å². The van der Waals surface area contributed by atoms with Gasteiger partial charge in [0.2, 0.25) is 11.8 Å². The van der Waals surface area contributed by atoms with Crippen LogP contribution in [0.4, 0.5) is 0 Å². The van der Waals surface area contributed by atoms with Crippen molar-refractivity contribution in [2.24, 2.45) is 5.73 Å². The Morgan fingerprint density at radius 1 is 1.32 bits per heavy atom. The Hall–Kier alpha value is -1.84. The number of carbonyl (C=O) groups excluding carboxylic acids is 2. The molecular formula is C18H25N2O2. The highest BCUT2D eigenvalue weighted by atomic mass is 16.2. The van der Waals surface area contributed by atoms with Gasteiger partial charge < -0.3 is 10.6 Å². The number of nitrogens with two attached hydrogens (primary N) is 1. The van der Waals surface area contributed by atoms with E-state index >= 15 is 0 Å². The average molecular weight is 301 g/mol. The van der Waals surface area contributed by atoms with Gasteiger partial charge >= 0.3 is 0 Å². The SMILES string of the molecule is CCCCCCCC(=O)N1CCc2c[c]ccc2C1C(N)=O. The van der Waals surface area contributed by atoms with E-state index < -0.39 is 11.9 Å². The number of hydrogen-bond acceptors (Lipinski definition) is 2. The first-order chi connectivity index (χ1) is 10.6. The minimum Gasteiger partial charge on any atom is -0.368 e. The van der Waals surface area contributed by atoms with E-state index in [0.29, 0.717) is 13.0 Å². The van der Waals surface area contributed by atoms with Crippen LogP contribution < -0.4 is 5.73 Å². The Morgan fingerprint density at radius 2 is 2.09 bits per heavy atom. The zero-order valence-corrected chi connectivity index (χ0v) is 13.3. The molecule has 0 aromatic heterocycles. The molecular weight excluding hydrogens is 276 g/mol. The molecule has 2 N–H and O–H groups in total. The van der Waals surface area contributed by atoms with Gasteiger partial charge in [-0.1, -0.05) is 50.8 Å². The molecule has 1 aromatic rings. The molecule has 119 valence electrons. The normalized spacial score (nSPS) is 17.1. The van der Waals surface area contributed by atoms with Crippen LogP contribution in [-0.4, -0.2) is 23.3 Å². The van der Waals surface area contributed by atoms with Gasteiger partial charge in [-0.15, -0.1) is 0 Å². The number of benzene rings is 1. The molecule has 0 bridgehead atoms. The molecule has 4 nitrogen and oxygen atoms in total. The van der Waals surface area contributed by atoms with Crippen LogP contribution in [0.1, 0.15) is 62.6 Å². The van der Waals surface area contributed by atoms with E-state index in [4.69, 9.17) is 5.73 Å².